The summed E-state index contributed by atoms with van der Waals surface area (Å²) in [6, 6.07) is 0. The molecule has 0 saturated heterocycles. The second kappa shape index (κ2) is 6.37. The predicted molar refractivity (Wildman–Crippen MR) is 76.4 cm³/mol. The molecule has 0 atom stereocenters. The van der Waals surface area contributed by atoms with Gasteiger partial charge in [-0.15, -0.1) is 0 Å². The zero-order valence-electron chi connectivity index (χ0n) is 12.4. The molecule has 0 aliphatic heterocycles. The smallest absolute Gasteiger partial charge is 0.266 e. The Morgan fingerprint density at radius 2 is 1.89 bits per heavy atom. The SMILES string of the molecule is CCN(CC)c1noc(CC2(NC)CCCCC2)n1. The van der Waals surface area contributed by atoms with E-state index in [0.29, 0.717) is 0 Å². The highest BCUT2D eigenvalue weighted by molar-refractivity contribution is 5.26. The van der Waals surface area contributed by atoms with Crippen LogP contribution in [0.2, 0.25) is 0 Å². The van der Waals surface area contributed by atoms with E-state index in [1.165, 1.54) is 32.1 Å². The Hall–Kier alpha value is -1.10. The second-order valence-electron chi connectivity index (χ2n) is 5.43. The summed E-state index contributed by atoms with van der Waals surface area (Å²) in [6.07, 6.45) is 7.17. The number of likely N-dealkylation sites (N-methyl/N-ethyl adjacent to an activating group) is 1. The minimum atomic E-state index is 0.158. The van der Waals surface area contributed by atoms with Crippen molar-refractivity contribution < 1.29 is 4.52 Å². The van der Waals surface area contributed by atoms with Gasteiger partial charge in [0, 0.05) is 25.0 Å². The van der Waals surface area contributed by atoms with Gasteiger partial charge in [-0.25, -0.2) is 0 Å². The summed E-state index contributed by atoms with van der Waals surface area (Å²) in [5, 5.41) is 7.59. The van der Waals surface area contributed by atoms with Crippen molar-refractivity contribution in [1.29, 1.82) is 0 Å². The van der Waals surface area contributed by atoms with Gasteiger partial charge in [-0.05, 0) is 38.9 Å². The molecule has 1 saturated carbocycles. The molecular weight excluding hydrogens is 240 g/mol. The predicted octanol–water partition coefficient (Wildman–Crippen LogP) is 2.38. The van der Waals surface area contributed by atoms with Crippen molar-refractivity contribution in [3.63, 3.8) is 0 Å². The molecule has 1 aromatic heterocycles. The van der Waals surface area contributed by atoms with Crippen LogP contribution < -0.4 is 10.2 Å². The number of aromatic nitrogens is 2. The number of rotatable bonds is 6. The summed E-state index contributed by atoms with van der Waals surface area (Å²) in [6.45, 7) is 6.03. The highest BCUT2D eigenvalue weighted by Crippen LogP contribution is 2.30. The number of nitrogens with one attached hydrogen (secondary N) is 1. The van der Waals surface area contributed by atoms with Gasteiger partial charge in [0.25, 0.3) is 5.95 Å². The molecular formula is C14H26N4O. The van der Waals surface area contributed by atoms with Crippen LogP contribution in [0.3, 0.4) is 0 Å². The molecule has 1 heterocycles. The molecule has 0 unspecified atom stereocenters. The maximum atomic E-state index is 5.44. The fourth-order valence-corrected chi connectivity index (χ4v) is 2.99. The van der Waals surface area contributed by atoms with Crippen LogP contribution in [0.4, 0.5) is 5.95 Å². The molecule has 0 spiro atoms. The van der Waals surface area contributed by atoms with Crippen molar-refractivity contribution in [2.75, 3.05) is 25.0 Å². The Morgan fingerprint density at radius 3 is 2.47 bits per heavy atom. The summed E-state index contributed by atoms with van der Waals surface area (Å²) in [5.41, 5.74) is 0.158. The van der Waals surface area contributed by atoms with E-state index in [4.69, 9.17) is 4.52 Å². The Balaban J connectivity index is 2.05. The standard InChI is InChI=1S/C14H26N4O/c1-4-18(5-2)13-16-12(19-17-13)11-14(15-3)9-7-6-8-10-14/h15H,4-11H2,1-3H3. The molecule has 108 valence electrons. The van der Waals surface area contributed by atoms with Crippen LogP contribution in [0.15, 0.2) is 4.52 Å². The van der Waals surface area contributed by atoms with Gasteiger partial charge in [0.05, 0.1) is 0 Å². The van der Waals surface area contributed by atoms with Crippen molar-refractivity contribution >= 4 is 5.95 Å². The minimum absolute atomic E-state index is 0.158. The van der Waals surface area contributed by atoms with Gasteiger partial charge >= 0.3 is 0 Å². The second-order valence-corrected chi connectivity index (χ2v) is 5.43. The van der Waals surface area contributed by atoms with Crippen molar-refractivity contribution in [2.24, 2.45) is 0 Å². The largest absolute Gasteiger partial charge is 0.339 e. The van der Waals surface area contributed by atoms with E-state index in [1.807, 2.05) is 7.05 Å². The van der Waals surface area contributed by atoms with Gasteiger partial charge in [0.1, 0.15) is 0 Å². The van der Waals surface area contributed by atoms with Crippen LogP contribution in [0.5, 0.6) is 0 Å². The lowest BCUT2D eigenvalue weighted by Gasteiger charge is -2.36. The third-order valence-electron chi connectivity index (χ3n) is 4.33. The van der Waals surface area contributed by atoms with E-state index >= 15 is 0 Å². The highest BCUT2D eigenvalue weighted by Gasteiger charge is 2.32. The van der Waals surface area contributed by atoms with Crippen molar-refractivity contribution in [1.82, 2.24) is 15.5 Å². The van der Waals surface area contributed by atoms with Crippen molar-refractivity contribution in [3.8, 4) is 0 Å². The third-order valence-corrected chi connectivity index (χ3v) is 4.33. The van der Waals surface area contributed by atoms with Crippen LogP contribution in [0.25, 0.3) is 0 Å². The quantitative estimate of drug-likeness (QED) is 0.856. The van der Waals surface area contributed by atoms with E-state index in [0.717, 1.165) is 31.3 Å². The lowest BCUT2D eigenvalue weighted by Crippen LogP contribution is -2.46. The summed E-state index contributed by atoms with van der Waals surface area (Å²) in [7, 11) is 2.05. The summed E-state index contributed by atoms with van der Waals surface area (Å²) in [4.78, 5) is 6.66. The van der Waals surface area contributed by atoms with E-state index in [9.17, 15) is 0 Å². The minimum Gasteiger partial charge on any atom is -0.339 e. The Kier molecular flexibility index (Phi) is 4.80. The van der Waals surface area contributed by atoms with Crippen LogP contribution >= 0.6 is 0 Å². The van der Waals surface area contributed by atoms with Crippen LogP contribution in [-0.4, -0.2) is 35.8 Å². The molecule has 0 radical (unpaired) electrons. The first kappa shape index (κ1) is 14.3. The molecule has 5 heteroatoms. The van der Waals surface area contributed by atoms with Crippen LogP contribution in [0.1, 0.15) is 51.8 Å². The van der Waals surface area contributed by atoms with Gasteiger partial charge in [0.15, 0.2) is 0 Å². The Bertz CT molecular complexity index is 381. The summed E-state index contributed by atoms with van der Waals surface area (Å²) < 4.78 is 5.44. The molecule has 5 nitrogen and oxygen atoms in total. The molecule has 1 fully saturated rings. The Morgan fingerprint density at radius 1 is 1.21 bits per heavy atom. The number of hydrogen-bond acceptors (Lipinski definition) is 5. The fourth-order valence-electron chi connectivity index (χ4n) is 2.99. The molecule has 0 bridgehead atoms. The van der Waals surface area contributed by atoms with E-state index in [2.05, 4.69) is 34.2 Å². The van der Waals surface area contributed by atoms with Gasteiger partial charge in [0.2, 0.25) is 5.89 Å². The molecule has 0 aromatic carbocycles. The van der Waals surface area contributed by atoms with Crippen molar-refractivity contribution in [2.45, 2.75) is 57.9 Å². The monoisotopic (exact) mass is 266 g/mol. The summed E-state index contributed by atoms with van der Waals surface area (Å²) >= 11 is 0. The number of hydrogen-bond donors (Lipinski definition) is 1. The number of anilines is 1. The molecule has 0 amide bonds. The van der Waals surface area contributed by atoms with Gasteiger partial charge in [-0.3, -0.25) is 0 Å². The van der Waals surface area contributed by atoms with E-state index in [1.54, 1.807) is 0 Å². The topological polar surface area (TPSA) is 54.2 Å². The normalized spacial score (nSPS) is 18.5. The fraction of sp³-hybridized carbons (Fsp3) is 0.857. The van der Waals surface area contributed by atoms with Crippen molar-refractivity contribution in [3.05, 3.63) is 5.89 Å². The van der Waals surface area contributed by atoms with Crippen LogP contribution in [0, 0.1) is 0 Å². The maximum absolute atomic E-state index is 5.44. The van der Waals surface area contributed by atoms with E-state index < -0.39 is 0 Å². The molecule has 1 aliphatic rings. The van der Waals surface area contributed by atoms with Gasteiger partial charge in [-0.2, -0.15) is 4.98 Å². The summed E-state index contributed by atoms with van der Waals surface area (Å²) in [5.74, 6) is 1.49. The van der Waals surface area contributed by atoms with Gasteiger partial charge < -0.3 is 14.7 Å². The lowest BCUT2D eigenvalue weighted by molar-refractivity contribution is 0.221. The third kappa shape index (κ3) is 3.26. The first-order chi connectivity index (χ1) is 9.23. The van der Waals surface area contributed by atoms with Crippen LogP contribution in [-0.2, 0) is 6.42 Å². The van der Waals surface area contributed by atoms with E-state index in [-0.39, 0.29) is 5.54 Å². The Labute approximate surface area is 115 Å². The number of nitrogens with zero attached hydrogens (tertiary/aromatic N) is 3. The molecule has 1 aliphatic carbocycles. The first-order valence-corrected chi connectivity index (χ1v) is 7.49. The lowest BCUT2D eigenvalue weighted by atomic mass is 9.79. The average molecular weight is 266 g/mol. The highest BCUT2D eigenvalue weighted by atomic mass is 16.5. The molecule has 19 heavy (non-hydrogen) atoms. The molecule has 1 aromatic rings. The first-order valence-electron chi connectivity index (χ1n) is 7.49. The average Bonchev–Trinajstić information content (AvgIpc) is 2.89. The maximum Gasteiger partial charge on any atom is 0.266 e. The zero-order valence-corrected chi connectivity index (χ0v) is 12.4. The van der Waals surface area contributed by atoms with Gasteiger partial charge in [-0.1, -0.05) is 19.3 Å². The molecule has 1 N–H and O–H groups in total. The zero-order chi connectivity index (χ0) is 13.7. The molecule has 2 rings (SSSR count).